The summed E-state index contributed by atoms with van der Waals surface area (Å²) in [5.41, 5.74) is 6.49. The molecule has 0 saturated carbocycles. The topological polar surface area (TPSA) is 62.5 Å². The Kier molecular flexibility index (Phi) is 5.45. The molecule has 0 bridgehead atoms. The molecule has 3 rings (SSSR count). The number of thiazole rings is 1. The van der Waals surface area contributed by atoms with Gasteiger partial charge in [-0.3, -0.25) is 9.69 Å². The summed E-state index contributed by atoms with van der Waals surface area (Å²) < 4.78 is 13.9. The van der Waals surface area contributed by atoms with Gasteiger partial charge in [0.2, 0.25) is 0 Å². The largest absolute Gasteiger partial charge is 0.335 e. The number of halogens is 2. The molecule has 0 spiro atoms. The van der Waals surface area contributed by atoms with Crippen LogP contribution in [0.1, 0.15) is 21.1 Å². The number of piperazine rings is 1. The molecule has 1 aliphatic heterocycles. The molecule has 0 atom stereocenters. The maximum absolute atomic E-state index is 13.9. The van der Waals surface area contributed by atoms with Crippen LogP contribution in [0.5, 0.6) is 0 Å². The summed E-state index contributed by atoms with van der Waals surface area (Å²) in [5, 5.41) is 2.94. The Hall–Kier alpha value is -1.54. The Labute approximate surface area is 148 Å². The van der Waals surface area contributed by atoms with Crippen molar-refractivity contribution in [2.75, 3.05) is 26.2 Å². The molecule has 24 heavy (non-hydrogen) atoms. The smallest absolute Gasteiger partial charge is 0.273 e. The van der Waals surface area contributed by atoms with Crippen molar-refractivity contribution in [3.63, 3.8) is 0 Å². The highest BCUT2D eigenvalue weighted by atomic mass is 35.5. The van der Waals surface area contributed by atoms with E-state index in [9.17, 15) is 9.18 Å². The Morgan fingerprint density at radius 2 is 2.08 bits per heavy atom. The first-order valence-corrected chi connectivity index (χ1v) is 8.93. The van der Waals surface area contributed by atoms with E-state index in [1.54, 1.807) is 22.4 Å². The fourth-order valence-corrected chi connectivity index (χ4v) is 3.55. The molecule has 8 heteroatoms. The third-order valence-electron chi connectivity index (χ3n) is 4.05. The van der Waals surface area contributed by atoms with Crippen LogP contribution in [0.2, 0.25) is 5.02 Å². The zero-order valence-electron chi connectivity index (χ0n) is 13.0. The fraction of sp³-hybridized carbons (Fsp3) is 0.375. The molecule has 0 aliphatic carbocycles. The molecule has 1 fully saturated rings. The van der Waals surface area contributed by atoms with Gasteiger partial charge in [-0.15, -0.1) is 11.3 Å². The van der Waals surface area contributed by atoms with E-state index in [1.165, 1.54) is 17.4 Å². The van der Waals surface area contributed by atoms with E-state index in [0.717, 1.165) is 5.01 Å². The number of benzene rings is 1. The highest BCUT2D eigenvalue weighted by Gasteiger charge is 2.24. The number of rotatable bonds is 4. The summed E-state index contributed by atoms with van der Waals surface area (Å²) in [6.07, 6.45) is 0. The van der Waals surface area contributed by atoms with Gasteiger partial charge in [-0.1, -0.05) is 17.7 Å². The van der Waals surface area contributed by atoms with Crippen molar-refractivity contribution in [1.82, 2.24) is 14.8 Å². The lowest BCUT2D eigenvalue weighted by Crippen LogP contribution is -2.48. The third-order valence-corrected chi connectivity index (χ3v) is 5.27. The van der Waals surface area contributed by atoms with Gasteiger partial charge >= 0.3 is 0 Å². The number of aromatic nitrogens is 1. The van der Waals surface area contributed by atoms with Crippen LogP contribution in [0.15, 0.2) is 23.6 Å². The lowest BCUT2D eigenvalue weighted by atomic mass is 10.2. The third kappa shape index (κ3) is 3.75. The molecule has 1 amide bonds. The minimum absolute atomic E-state index is 0.0745. The van der Waals surface area contributed by atoms with E-state index in [2.05, 4.69) is 9.88 Å². The molecule has 0 unspecified atom stereocenters. The standard InChI is InChI=1S/C16H18ClFN4OS/c17-12-2-1-3-13(18)11(12)9-21-4-6-22(7-5-21)16(23)14-10-24-15(8-19)20-14/h1-3,10H,4-9,19H2. The summed E-state index contributed by atoms with van der Waals surface area (Å²) in [6, 6.07) is 4.70. The Morgan fingerprint density at radius 1 is 1.33 bits per heavy atom. The van der Waals surface area contributed by atoms with Crippen molar-refractivity contribution >= 4 is 28.8 Å². The van der Waals surface area contributed by atoms with Crippen LogP contribution in [-0.4, -0.2) is 46.9 Å². The average Bonchev–Trinajstić information content (AvgIpc) is 3.07. The summed E-state index contributed by atoms with van der Waals surface area (Å²) in [6.45, 7) is 3.30. The summed E-state index contributed by atoms with van der Waals surface area (Å²) in [7, 11) is 0. The van der Waals surface area contributed by atoms with Crippen LogP contribution in [-0.2, 0) is 13.1 Å². The maximum Gasteiger partial charge on any atom is 0.273 e. The fourth-order valence-electron chi connectivity index (χ4n) is 2.68. The molecule has 1 saturated heterocycles. The Morgan fingerprint density at radius 3 is 2.71 bits per heavy atom. The van der Waals surface area contributed by atoms with Gasteiger partial charge in [0, 0.05) is 55.2 Å². The molecule has 2 N–H and O–H groups in total. The number of carbonyl (C=O) groups is 1. The van der Waals surface area contributed by atoms with Crippen LogP contribution in [0.25, 0.3) is 0 Å². The van der Waals surface area contributed by atoms with Gasteiger partial charge in [-0.25, -0.2) is 9.37 Å². The van der Waals surface area contributed by atoms with Crippen LogP contribution in [0.3, 0.4) is 0 Å². The van der Waals surface area contributed by atoms with E-state index < -0.39 is 0 Å². The van der Waals surface area contributed by atoms with Crippen molar-refractivity contribution in [2.24, 2.45) is 5.73 Å². The zero-order chi connectivity index (χ0) is 17.1. The number of amides is 1. The zero-order valence-corrected chi connectivity index (χ0v) is 14.6. The average molecular weight is 369 g/mol. The summed E-state index contributed by atoms with van der Waals surface area (Å²) in [4.78, 5) is 20.5. The van der Waals surface area contributed by atoms with Gasteiger partial charge in [0.1, 0.15) is 16.5 Å². The predicted octanol–water partition coefficient (Wildman–Crippen LogP) is 2.35. The van der Waals surface area contributed by atoms with Crippen LogP contribution in [0, 0.1) is 5.82 Å². The molecule has 128 valence electrons. The lowest BCUT2D eigenvalue weighted by molar-refractivity contribution is 0.0622. The van der Waals surface area contributed by atoms with E-state index in [1.807, 2.05) is 0 Å². The number of nitrogens with zero attached hydrogens (tertiary/aromatic N) is 3. The van der Waals surface area contributed by atoms with Crippen LogP contribution < -0.4 is 5.73 Å². The second-order valence-corrected chi connectivity index (χ2v) is 6.95. The summed E-state index contributed by atoms with van der Waals surface area (Å²) in [5.74, 6) is -0.368. The van der Waals surface area contributed by atoms with Gasteiger partial charge in [-0.2, -0.15) is 0 Å². The van der Waals surface area contributed by atoms with Gasteiger partial charge in [-0.05, 0) is 12.1 Å². The predicted molar refractivity (Wildman–Crippen MR) is 92.6 cm³/mol. The molecule has 2 heterocycles. The molecule has 1 aliphatic rings. The quantitative estimate of drug-likeness (QED) is 0.899. The highest BCUT2D eigenvalue weighted by Crippen LogP contribution is 2.21. The second-order valence-electron chi connectivity index (χ2n) is 5.60. The maximum atomic E-state index is 13.9. The number of nitrogens with two attached hydrogens (primary N) is 1. The SMILES string of the molecule is NCc1nc(C(=O)N2CCN(Cc3c(F)cccc3Cl)CC2)cs1. The Balaban J connectivity index is 1.58. The van der Waals surface area contributed by atoms with E-state index in [4.69, 9.17) is 17.3 Å². The Bertz CT molecular complexity index is 710. The second kappa shape index (κ2) is 7.57. The number of carbonyl (C=O) groups excluding carboxylic acids is 1. The van der Waals surface area contributed by atoms with Crippen molar-refractivity contribution in [3.8, 4) is 0 Å². The van der Waals surface area contributed by atoms with Gasteiger partial charge in [0.05, 0.1) is 0 Å². The lowest BCUT2D eigenvalue weighted by Gasteiger charge is -2.34. The van der Waals surface area contributed by atoms with E-state index in [0.29, 0.717) is 55.5 Å². The van der Waals surface area contributed by atoms with Gasteiger partial charge in [0.15, 0.2) is 0 Å². The summed E-state index contributed by atoms with van der Waals surface area (Å²) >= 11 is 7.47. The van der Waals surface area contributed by atoms with Gasteiger partial charge in [0.25, 0.3) is 5.91 Å². The number of hydrogen-bond donors (Lipinski definition) is 1. The van der Waals surface area contributed by atoms with Crippen LogP contribution >= 0.6 is 22.9 Å². The first kappa shape index (κ1) is 17.3. The normalized spacial score (nSPS) is 15.7. The molecular weight excluding hydrogens is 351 g/mol. The minimum Gasteiger partial charge on any atom is -0.335 e. The van der Waals surface area contributed by atoms with Crippen LogP contribution in [0.4, 0.5) is 4.39 Å². The molecule has 0 radical (unpaired) electrons. The monoisotopic (exact) mass is 368 g/mol. The van der Waals surface area contributed by atoms with E-state index in [-0.39, 0.29) is 11.7 Å². The first-order chi connectivity index (χ1) is 11.6. The first-order valence-electron chi connectivity index (χ1n) is 7.67. The molecule has 1 aromatic carbocycles. The molecular formula is C16H18ClFN4OS. The van der Waals surface area contributed by atoms with Crippen molar-refractivity contribution in [1.29, 1.82) is 0 Å². The van der Waals surface area contributed by atoms with E-state index >= 15 is 0 Å². The van der Waals surface area contributed by atoms with Gasteiger partial charge < -0.3 is 10.6 Å². The van der Waals surface area contributed by atoms with Crippen molar-refractivity contribution < 1.29 is 9.18 Å². The number of hydrogen-bond acceptors (Lipinski definition) is 5. The molecule has 2 aromatic rings. The van der Waals surface area contributed by atoms with Crippen molar-refractivity contribution in [3.05, 3.63) is 50.7 Å². The molecule has 1 aromatic heterocycles. The minimum atomic E-state index is -0.294. The highest BCUT2D eigenvalue weighted by molar-refractivity contribution is 7.09. The van der Waals surface area contributed by atoms with Crippen molar-refractivity contribution in [2.45, 2.75) is 13.1 Å². The molecule has 5 nitrogen and oxygen atoms in total.